The lowest BCUT2D eigenvalue weighted by Crippen LogP contribution is -2.15. The third-order valence-electron chi connectivity index (χ3n) is 1.65. The molecule has 0 spiro atoms. The lowest BCUT2D eigenvalue weighted by molar-refractivity contribution is -0.141. The Bertz CT molecular complexity index is 296. The fourth-order valence-corrected chi connectivity index (χ4v) is 0.989. The number of nitrogens with one attached hydrogen (secondary N) is 1. The van der Waals surface area contributed by atoms with Crippen molar-refractivity contribution in [2.75, 3.05) is 6.54 Å². The van der Waals surface area contributed by atoms with Crippen molar-refractivity contribution < 1.29 is 13.2 Å². The zero-order valence-corrected chi connectivity index (χ0v) is 7.73. The third-order valence-corrected chi connectivity index (χ3v) is 1.65. The monoisotopic (exact) mass is 204 g/mol. The van der Waals surface area contributed by atoms with E-state index in [1.165, 1.54) is 6.07 Å². The van der Waals surface area contributed by atoms with E-state index in [9.17, 15) is 13.2 Å². The van der Waals surface area contributed by atoms with Crippen molar-refractivity contribution in [3.63, 3.8) is 0 Å². The van der Waals surface area contributed by atoms with Crippen molar-refractivity contribution in [2.24, 2.45) is 0 Å². The summed E-state index contributed by atoms with van der Waals surface area (Å²) < 4.78 is 36.6. The van der Waals surface area contributed by atoms with Crippen LogP contribution in [-0.2, 0) is 12.7 Å². The molecule has 1 aromatic rings. The summed E-state index contributed by atoms with van der Waals surface area (Å²) in [4.78, 5) is 3.49. The number of nitrogens with zero attached hydrogens (tertiary/aromatic N) is 1. The van der Waals surface area contributed by atoms with E-state index in [-0.39, 0.29) is 0 Å². The van der Waals surface area contributed by atoms with Crippen LogP contribution in [0.15, 0.2) is 18.2 Å². The molecule has 0 amide bonds. The Balaban J connectivity index is 2.79. The normalized spacial score (nSPS) is 11.7. The average Bonchev–Trinajstić information content (AvgIpc) is 2.14. The highest BCUT2D eigenvalue weighted by atomic mass is 19.4. The molecular formula is C9H11F3N2. The van der Waals surface area contributed by atoms with Gasteiger partial charge in [0.05, 0.1) is 5.69 Å². The standard InChI is InChI=1S/C9H11F3N2/c1-2-13-6-7-4-3-5-8(14-7)9(10,11)12/h3-5,13H,2,6H2,1H3. The Labute approximate surface area is 80.2 Å². The summed E-state index contributed by atoms with van der Waals surface area (Å²) in [6, 6.07) is 3.90. The molecule has 1 rings (SSSR count). The average molecular weight is 204 g/mol. The molecular weight excluding hydrogens is 193 g/mol. The number of aromatic nitrogens is 1. The van der Waals surface area contributed by atoms with E-state index in [0.717, 1.165) is 6.07 Å². The Morgan fingerprint density at radius 2 is 2.07 bits per heavy atom. The SMILES string of the molecule is CCNCc1cccc(C(F)(F)F)n1. The topological polar surface area (TPSA) is 24.9 Å². The minimum absolute atomic E-state index is 0.362. The number of halogens is 3. The minimum atomic E-state index is -4.36. The van der Waals surface area contributed by atoms with E-state index in [2.05, 4.69) is 10.3 Å². The molecule has 78 valence electrons. The smallest absolute Gasteiger partial charge is 0.311 e. The molecule has 5 heteroatoms. The van der Waals surface area contributed by atoms with Gasteiger partial charge in [0.1, 0.15) is 5.69 Å². The summed E-state index contributed by atoms with van der Waals surface area (Å²) in [6.07, 6.45) is -4.36. The highest BCUT2D eigenvalue weighted by Crippen LogP contribution is 2.27. The van der Waals surface area contributed by atoms with Gasteiger partial charge in [-0.1, -0.05) is 13.0 Å². The molecule has 1 N–H and O–H groups in total. The van der Waals surface area contributed by atoms with Crippen LogP contribution in [0.4, 0.5) is 13.2 Å². The van der Waals surface area contributed by atoms with Gasteiger partial charge in [-0.05, 0) is 18.7 Å². The molecule has 0 aliphatic carbocycles. The van der Waals surface area contributed by atoms with Crippen LogP contribution in [0.3, 0.4) is 0 Å². The molecule has 0 aliphatic heterocycles. The first-order valence-corrected chi connectivity index (χ1v) is 4.28. The summed E-state index contributed by atoms with van der Waals surface area (Å²) in [7, 11) is 0. The molecule has 0 aliphatic rings. The van der Waals surface area contributed by atoms with Crippen LogP contribution in [0.5, 0.6) is 0 Å². The lowest BCUT2D eigenvalue weighted by atomic mass is 10.3. The van der Waals surface area contributed by atoms with Crippen LogP contribution in [0.1, 0.15) is 18.3 Å². The van der Waals surface area contributed by atoms with Crippen molar-refractivity contribution in [1.82, 2.24) is 10.3 Å². The molecule has 0 radical (unpaired) electrons. The first-order valence-electron chi connectivity index (χ1n) is 4.28. The molecule has 0 saturated heterocycles. The second-order valence-corrected chi connectivity index (χ2v) is 2.79. The summed E-state index contributed by atoms with van der Waals surface area (Å²) in [5.74, 6) is 0. The number of hydrogen-bond donors (Lipinski definition) is 1. The van der Waals surface area contributed by atoms with Gasteiger partial charge in [-0.25, -0.2) is 4.98 Å². The largest absolute Gasteiger partial charge is 0.433 e. The van der Waals surface area contributed by atoms with E-state index in [1.54, 1.807) is 6.07 Å². The van der Waals surface area contributed by atoms with Gasteiger partial charge in [-0.2, -0.15) is 13.2 Å². The molecule has 0 unspecified atom stereocenters. The maximum atomic E-state index is 12.2. The molecule has 2 nitrogen and oxygen atoms in total. The zero-order valence-electron chi connectivity index (χ0n) is 7.73. The molecule has 0 bridgehead atoms. The Morgan fingerprint density at radius 3 is 2.64 bits per heavy atom. The van der Waals surface area contributed by atoms with E-state index >= 15 is 0 Å². The second kappa shape index (κ2) is 4.41. The molecule has 0 aromatic carbocycles. The fourth-order valence-electron chi connectivity index (χ4n) is 0.989. The maximum absolute atomic E-state index is 12.2. The van der Waals surface area contributed by atoms with Crippen LogP contribution >= 0.6 is 0 Å². The van der Waals surface area contributed by atoms with Gasteiger partial charge in [0, 0.05) is 6.54 Å². The Hall–Kier alpha value is -1.10. The maximum Gasteiger partial charge on any atom is 0.433 e. The summed E-state index contributed by atoms with van der Waals surface area (Å²) in [5.41, 5.74) is -0.436. The number of pyridine rings is 1. The molecule has 1 heterocycles. The van der Waals surface area contributed by atoms with E-state index < -0.39 is 11.9 Å². The number of hydrogen-bond acceptors (Lipinski definition) is 2. The molecule has 0 fully saturated rings. The molecule has 1 aromatic heterocycles. The number of alkyl halides is 3. The predicted molar refractivity (Wildman–Crippen MR) is 46.6 cm³/mol. The van der Waals surface area contributed by atoms with E-state index in [1.807, 2.05) is 6.92 Å². The number of rotatable bonds is 3. The van der Waals surface area contributed by atoms with Gasteiger partial charge >= 0.3 is 6.18 Å². The van der Waals surface area contributed by atoms with E-state index in [4.69, 9.17) is 0 Å². The van der Waals surface area contributed by atoms with Gasteiger partial charge < -0.3 is 5.32 Å². The van der Waals surface area contributed by atoms with Gasteiger partial charge in [0.15, 0.2) is 0 Å². The van der Waals surface area contributed by atoms with Crippen molar-refractivity contribution in [3.05, 3.63) is 29.6 Å². The van der Waals surface area contributed by atoms with Gasteiger partial charge in [0.2, 0.25) is 0 Å². The van der Waals surface area contributed by atoms with Crippen molar-refractivity contribution in [3.8, 4) is 0 Å². The van der Waals surface area contributed by atoms with Crippen LogP contribution < -0.4 is 5.32 Å². The van der Waals surface area contributed by atoms with Crippen LogP contribution in [0.2, 0.25) is 0 Å². The first kappa shape index (κ1) is 11.0. The molecule has 14 heavy (non-hydrogen) atoms. The summed E-state index contributed by atoms with van der Waals surface area (Å²) >= 11 is 0. The van der Waals surface area contributed by atoms with Gasteiger partial charge in [-0.15, -0.1) is 0 Å². The highest BCUT2D eigenvalue weighted by Gasteiger charge is 2.32. The highest BCUT2D eigenvalue weighted by molar-refractivity contribution is 5.13. The summed E-state index contributed by atoms with van der Waals surface area (Å²) in [6.45, 7) is 2.95. The van der Waals surface area contributed by atoms with Crippen molar-refractivity contribution >= 4 is 0 Å². The van der Waals surface area contributed by atoms with Crippen molar-refractivity contribution in [1.29, 1.82) is 0 Å². The lowest BCUT2D eigenvalue weighted by Gasteiger charge is -2.07. The third kappa shape index (κ3) is 2.99. The Kier molecular flexibility index (Phi) is 3.46. The van der Waals surface area contributed by atoms with E-state index in [0.29, 0.717) is 18.8 Å². The molecule has 0 saturated carbocycles. The first-order chi connectivity index (χ1) is 6.54. The quantitative estimate of drug-likeness (QED) is 0.816. The minimum Gasteiger partial charge on any atom is -0.311 e. The predicted octanol–water partition coefficient (Wildman–Crippen LogP) is 2.21. The molecule has 0 atom stereocenters. The Morgan fingerprint density at radius 1 is 1.36 bits per heavy atom. The van der Waals surface area contributed by atoms with Gasteiger partial charge in [0.25, 0.3) is 0 Å². The fraction of sp³-hybridized carbons (Fsp3) is 0.444. The zero-order chi connectivity index (χ0) is 10.6. The van der Waals surface area contributed by atoms with Gasteiger partial charge in [-0.3, -0.25) is 0 Å². The van der Waals surface area contributed by atoms with Crippen LogP contribution in [0, 0.1) is 0 Å². The van der Waals surface area contributed by atoms with Crippen LogP contribution in [0.25, 0.3) is 0 Å². The summed E-state index contributed by atoms with van der Waals surface area (Å²) in [5, 5.41) is 2.91. The van der Waals surface area contributed by atoms with Crippen LogP contribution in [-0.4, -0.2) is 11.5 Å². The second-order valence-electron chi connectivity index (χ2n) is 2.79. The van der Waals surface area contributed by atoms with Crippen molar-refractivity contribution in [2.45, 2.75) is 19.6 Å².